The van der Waals surface area contributed by atoms with Gasteiger partial charge in [-0.25, -0.2) is 4.98 Å². The summed E-state index contributed by atoms with van der Waals surface area (Å²) >= 11 is 9.43. The Morgan fingerprint density at radius 1 is 1.16 bits per heavy atom. The molecule has 4 heteroatoms. The topological polar surface area (TPSA) is 26.0 Å². The van der Waals surface area contributed by atoms with Crippen molar-refractivity contribution < 1.29 is 4.42 Å². The Bertz CT molecular complexity index is 736. The van der Waals surface area contributed by atoms with Gasteiger partial charge in [0.1, 0.15) is 5.38 Å². The second-order valence-electron chi connectivity index (χ2n) is 4.39. The standard InChI is InChI=1S/C15H11BrClNO/c1-9(17)15-18-8-14(19-15)12-3-2-11-7-13(16)5-4-10(11)6-12/h2-9H,1H3. The summed E-state index contributed by atoms with van der Waals surface area (Å²) in [6.45, 7) is 1.84. The number of benzene rings is 2. The molecule has 1 heterocycles. The maximum atomic E-state index is 5.95. The van der Waals surface area contributed by atoms with Crippen LogP contribution in [0.2, 0.25) is 0 Å². The van der Waals surface area contributed by atoms with Crippen molar-refractivity contribution in [1.82, 2.24) is 4.98 Å². The van der Waals surface area contributed by atoms with E-state index in [2.05, 4.69) is 45.2 Å². The molecule has 0 saturated carbocycles. The molecule has 0 radical (unpaired) electrons. The molecular weight excluding hydrogens is 326 g/mol. The van der Waals surface area contributed by atoms with Gasteiger partial charge in [-0.05, 0) is 35.9 Å². The van der Waals surface area contributed by atoms with Crippen LogP contribution in [0.5, 0.6) is 0 Å². The Morgan fingerprint density at radius 2 is 1.89 bits per heavy atom. The smallest absolute Gasteiger partial charge is 0.212 e. The molecule has 0 spiro atoms. The van der Waals surface area contributed by atoms with Crippen LogP contribution >= 0.6 is 27.5 Å². The molecule has 0 aliphatic carbocycles. The van der Waals surface area contributed by atoms with Gasteiger partial charge in [0.25, 0.3) is 0 Å². The van der Waals surface area contributed by atoms with Crippen LogP contribution in [0.25, 0.3) is 22.1 Å². The molecule has 3 aromatic rings. The summed E-state index contributed by atoms with van der Waals surface area (Å²) in [6, 6.07) is 12.4. The Morgan fingerprint density at radius 3 is 2.63 bits per heavy atom. The Labute approximate surface area is 124 Å². The molecule has 0 bridgehead atoms. The molecule has 0 aliphatic heterocycles. The molecule has 0 aliphatic rings. The van der Waals surface area contributed by atoms with Gasteiger partial charge >= 0.3 is 0 Å². The van der Waals surface area contributed by atoms with Gasteiger partial charge in [-0.2, -0.15) is 0 Å². The first-order chi connectivity index (χ1) is 9.13. The van der Waals surface area contributed by atoms with Gasteiger partial charge in [-0.1, -0.05) is 34.1 Å². The van der Waals surface area contributed by atoms with Crippen LogP contribution in [0.1, 0.15) is 18.2 Å². The predicted molar refractivity (Wildman–Crippen MR) is 81.4 cm³/mol. The van der Waals surface area contributed by atoms with E-state index >= 15 is 0 Å². The first-order valence-electron chi connectivity index (χ1n) is 5.93. The van der Waals surface area contributed by atoms with Gasteiger partial charge in [0.05, 0.1) is 6.20 Å². The lowest BCUT2D eigenvalue weighted by molar-refractivity contribution is 0.508. The largest absolute Gasteiger partial charge is 0.439 e. The van der Waals surface area contributed by atoms with Crippen molar-refractivity contribution in [3.8, 4) is 11.3 Å². The molecule has 0 N–H and O–H groups in total. The van der Waals surface area contributed by atoms with Gasteiger partial charge in [0.2, 0.25) is 5.89 Å². The molecule has 0 saturated heterocycles. The minimum Gasteiger partial charge on any atom is -0.439 e. The molecule has 3 rings (SSSR count). The molecule has 1 aromatic heterocycles. The lowest BCUT2D eigenvalue weighted by Gasteiger charge is -2.02. The van der Waals surface area contributed by atoms with Crippen LogP contribution in [0.4, 0.5) is 0 Å². The van der Waals surface area contributed by atoms with E-state index in [0.29, 0.717) is 5.89 Å². The molecule has 2 nitrogen and oxygen atoms in total. The molecule has 0 fully saturated rings. The molecule has 19 heavy (non-hydrogen) atoms. The summed E-state index contributed by atoms with van der Waals surface area (Å²) in [5.74, 6) is 1.29. The van der Waals surface area contributed by atoms with Gasteiger partial charge in [-0.15, -0.1) is 11.6 Å². The van der Waals surface area contributed by atoms with E-state index in [9.17, 15) is 0 Å². The number of oxazole rings is 1. The van der Waals surface area contributed by atoms with Crippen molar-refractivity contribution in [3.63, 3.8) is 0 Å². The summed E-state index contributed by atoms with van der Waals surface area (Å²) in [6.07, 6.45) is 1.72. The number of nitrogens with zero attached hydrogens (tertiary/aromatic N) is 1. The molecular formula is C15H11BrClNO. The molecule has 1 atom stereocenters. The van der Waals surface area contributed by atoms with Crippen LogP contribution in [-0.4, -0.2) is 4.98 Å². The third kappa shape index (κ3) is 2.53. The van der Waals surface area contributed by atoms with Crippen LogP contribution in [0, 0.1) is 0 Å². The van der Waals surface area contributed by atoms with Crippen LogP contribution in [0.15, 0.2) is 51.5 Å². The zero-order chi connectivity index (χ0) is 13.4. The third-order valence-corrected chi connectivity index (χ3v) is 3.63. The highest BCUT2D eigenvalue weighted by molar-refractivity contribution is 9.10. The van der Waals surface area contributed by atoms with Crippen LogP contribution in [0.3, 0.4) is 0 Å². The minimum atomic E-state index is -0.217. The fourth-order valence-electron chi connectivity index (χ4n) is 1.97. The third-order valence-electron chi connectivity index (χ3n) is 2.95. The molecule has 1 unspecified atom stereocenters. The first kappa shape index (κ1) is 12.7. The van der Waals surface area contributed by atoms with Crippen LogP contribution < -0.4 is 0 Å². The van der Waals surface area contributed by atoms with Crippen molar-refractivity contribution >= 4 is 38.3 Å². The molecule has 2 aromatic carbocycles. The molecule has 96 valence electrons. The first-order valence-corrected chi connectivity index (χ1v) is 7.16. The van der Waals surface area contributed by atoms with E-state index in [1.54, 1.807) is 6.20 Å². The van der Waals surface area contributed by atoms with E-state index in [1.807, 2.05) is 19.1 Å². The van der Waals surface area contributed by atoms with Crippen molar-refractivity contribution in [2.75, 3.05) is 0 Å². The maximum absolute atomic E-state index is 5.95. The lowest BCUT2D eigenvalue weighted by atomic mass is 10.1. The second-order valence-corrected chi connectivity index (χ2v) is 5.96. The monoisotopic (exact) mass is 335 g/mol. The number of hydrogen-bond donors (Lipinski definition) is 0. The SMILES string of the molecule is CC(Cl)c1ncc(-c2ccc3cc(Br)ccc3c2)o1. The highest BCUT2D eigenvalue weighted by Gasteiger charge is 2.11. The van der Waals surface area contributed by atoms with Gasteiger partial charge < -0.3 is 4.42 Å². The normalized spacial score (nSPS) is 12.8. The van der Waals surface area contributed by atoms with E-state index in [0.717, 1.165) is 21.2 Å². The van der Waals surface area contributed by atoms with Gasteiger partial charge in [-0.3, -0.25) is 0 Å². The number of hydrogen-bond acceptors (Lipinski definition) is 2. The van der Waals surface area contributed by atoms with Crippen molar-refractivity contribution in [1.29, 1.82) is 0 Å². The highest BCUT2D eigenvalue weighted by Crippen LogP contribution is 2.29. The van der Waals surface area contributed by atoms with E-state index in [4.69, 9.17) is 16.0 Å². The number of halogens is 2. The van der Waals surface area contributed by atoms with Crippen molar-refractivity contribution in [3.05, 3.63) is 53.0 Å². The Hall–Kier alpha value is -1.32. The second kappa shape index (κ2) is 4.99. The van der Waals surface area contributed by atoms with E-state index in [-0.39, 0.29) is 5.38 Å². The van der Waals surface area contributed by atoms with E-state index in [1.165, 1.54) is 5.39 Å². The number of aromatic nitrogens is 1. The van der Waals surface area contributed by atoms with Crippen molar-refractivity contribution in [2.24, 2.45) is 0 Å². The van der Waals surface area contributed by atoms with Crippen molar-refractivity contribution in [2.45, 2.75) is 12.3 Å². The fraction of sp³-hybridized carbons (Fsp3) is 0.133. The minimum absolute atomic E-state index is 0.217. The summed E-state index contributed by atoms with van der Waals surface area (Å²) in [5.41, 5.74) is 1.01. The number of fused-ring (bicyclic) bond motifs is 1. The van der Waals surface area contributed by atoms with Gasteiger partial charge in [0.15, 0.2) is 5.76 Å². The highest BCUT2D eigenvalue weighted by atomic mass is 79.9. The summed E-state index contributed by atoms with van der Waals surface area (Å²) < 4.78 is 6.73. The summed E-state index contributed by atoms with van der Waals surface area (Å²) in [5, 5.41) is 2.13. The lowest BCUT2D eigenvalue weighted by Crippen LogP contribution is -1.81. The zero-order valence-electron chi connectivity index (χ0n) is 10.2. The van der Waals surface area contributed by atoms with Crippen LogP contribution in [-0.2, 0) is 0 Å². The maximum Gasteiger partial charge on any atom is 0.212 e. The van der Waals surface area contributed by atoms with E-state index < -0.39 is 0 Å². The Balaban J connectivity index is 2.07. The average molecular weight is 337 g/mol. The number of rotatable bonds is 2. The quantitative estimate of drug-likeness (QED) is 0.573. The summed E-state index contributed by atoms with van der Waals surface area (Å²) in [4.78, 5) is 4.18. The Kier molecular flexibility index (Phi) is 3.33. The predicted octanol–water partition coefficient (Wildman–Crippen LogP) is 5.56. The fourth-order valence-corrected chi connectivity index (χ4v) is 2.45. The molecule has 0 amide bonds. The average Bonchev–Trinajstić information content (AvgIpc) is 2.88. The van der Waals surface area contributed by atoms with Gasteiger partial charge in [0, 0.05) is 10.0 Å². The zero-order valence-corrected chi connectivity index (χ0v) is 12.6. The number of alkyl halides is 1. The summed E-state index contributed by atoms with van der Waals surface area (Å²) in [7, 11) is 0.